The van der Waals surface area contributed by atoms with E-state index < -0.39 is 5.92 Å². The first kappa shape index (κ1) is 21.5. The van der Waals surface area contributed by atoms with E-state index in [1.54, 1.807) is 29.6 Å². The molecule has 1 atom stereocenters. The Morgan fingerprint density at radius 2 is 1.44 bits per heavy atom. The summed E-state index contributed by atoms with van der Waals surface area (Å²) in [5.74, 6) is 0.123. The van der Waals surface area contributed by atoms with Crippen LogP contribution in [0.15, 0.2) is 89.7 Å². The van der Waals surface area contributed by atoms with E-state index in [-0.39, 0.29) is 17.5 Å². The van der Waals surface area contributed by atoms with Crippen LogP contribution in [0.2, 0.25) is 0 Å². The second kappa shape index (κ2) is 9.18. The quantitative estimate of drug-likeness (QED) is 0.451. The number of hydrogen-bond acceptors (Lipinski definition) is 3. The van der Waals surface area contributed by atoms with E-state index in [0.717, 1.165) is 11.1 Å². The number of rotatable bonds is 6. The summed E-state index contributed by atoms with van der Waals surface area (Å²) >= 11 is 0. The first-order chi connectivity index (χ1) is 15.5. The zero-order chi connectivity index (χ0) is 22.7. The fraction of sp³-hybridized carbons (Fsp3) is 0.222. The summed E-state index contributed by atoms with van der Waals surface area (Å²) in [7, 11) is 3.53. The Morgan fingerprint density at radius 3 is 2.00 bits per heavy atom. The summed E-state index contributed by atoms with van der Waals surface area (Å²) in [6.45, 7) is 2.01. The lowest BCUT2D eigenvalue weighted by atomic mass is 9.89. The molecule has 0 spiro atoms. The van der Waals surface area contributed by atoms with Crippen molar-refractivity contribution in [1.82, 2.24) is 14.5 Å². The average molecular weight is 426 g/mol. The molecule has 0 aliphatic heterocycles. The van der Waals surface area contributed by atoms with Gasteiger partial charge >= 0.3 is 0 Å². The van der Waals surface area contributed by atoms with Gasteiger partial charge in [0, 0.05) is 14.1 Å². The Balaban J connectivity index is 1.78. The van der Waals surface area contributed by atoms with Gasteiger partial charge in [0.05, 0.1) is 22.9 Å². The van der Waals surface area contributed by atoms with Crippen molar-refractivity contribution >= 4 is 16.8 Å². The maximum atomic E-state index is 13.9. The van der Waals surface area contributed by atoms with Crippen LogP contribution in [0.5, 0.6) is 0 Å². The first-order valence-electron chi connectivity index (χ1n) is 10.8. The zero-order valence-corrected chi connectivity index (χ0v) is 18.6. The number of carbonyl (C=O) groups is 1. The van der Waals surface area contributed by atoms with Gasteiger partial charge in [-0.1, -0.05) is 79.7 Å². The molecule has 4 rings (SSSR count). The largest absolute Gasteiger partial charge is 0.335 e. The molecule has 0 saturated carbocycles. The molecule has 5 heteroatoms. The molecule has 5 nitrogen and oxygen atoms in total. The van der Waals surface area contributed by atoms with E-state index in [9.17, 15) is 9.59 Å². The van der Waals surface area contributed by atoms with Crippen molar-refractivity contribution in [3.8, 4) is 0 Å². The van der Waals surface area contributed by atoms with Crippen LogP contribution in [-0.4, -0.2) is 27.4 Å². The Kier molecular flexibility index (Phi) is 6.17. The van der Waals surface area contributed by atoms with Crippen molar-refractivity contribution in [2.45, 2.75) is 25.3 Å². The van der Waals surface area contributed by atoms with Crippen LogP contribution in [0.25, 0.3) is 10.9 Å². The highest BCUT2D eigenvalue weighted by Gasteiger charge is 2.31. The minimum Gasteiger partial charge on any atom is -0.335 e. The van der Waals surface area contributed by atoms with Crippen molar-refractivity contribution in [1.29, 1.82) is 0 Å². The summed E-state index contributed by atoms with van der Waals surface area (Å²) < 4.78 is 1.57. The number of fused-ring (bicyclic) bond motifs is 1. The van der Waals surface area contributed by atoms with Crippen molar-refractivity contribution < 1.29 is 4.79 Å². The molecule has 1 unspecified atom stereocenters. The van der Waals surface area contributed by atoms with Crippen LogP contribution in [0.1, 0.15) is 42.3 Å². The standard InChI is InChI=1S/C27H27N3O2/c1-4-23(25-28-22-18-12-11-17-21(22)26(31)30(25)3)29(2)27(32)24(19-13-7-5-8-14-19)20-15-9-6-10-16-20/h5-18,23-24H,4H2,1-3H3. The number of amides is 1. The molecule has 4 aromatic rings. The van der Waals surface area contributed by atoms with Gasteiger partial charge in [-0.3, -0.25) is 14.2 Å². The molecule has 1 amide bonds. The fourth-order valence-corrected chi connectivity index (χ4v) is 4.29. The first-order valence-corrected chi connectivity index (χ1v) is 10.8. The van der Waals surface area contributed by atoms with Crippen LogP contribution >= 0.6 is 0 Å². The Bertz CT molecular complexity index is 1240. The van der Waals surface area contributed by atoms with Gasteiger partial charge in [-0.25, -0.2) is 4.98 Å². The minimum atomic E-state index is -0.436. The molecule has 0 aliphatic carbocycles. The third kappa shape index (κ3) is 3.94. The van der Waals surface area contributed by atoms with Crippen molar-refractivity contribution in [2.24, 2.45) is 7.05 Å². The molecular formula is C27H27N3O2. The third-order valence-corrected chi connectivity index (χ3v) is 6.03. The van der Waals surface area contributed by atoms with E-state index in [1.807, 2.05) is 85.8 Å². The number of hydrogen-bond donors (Lipinski definition) is 0. The molecule has 0 saturated heterocycles. The summed E-state index contributed by atoms with van der Waals surface area (Å²) in [5, 5.41) is 0.578. The van der Waals surface area contributed by atoms with Crippen LogP contribution in [0, 0.1) is 0 Å². The van der Waals surface area contributed by atoms with Crippen molar-refractivity contribution in [3.63, 3.8) is 0 Å². The molecule has 32 heavy (non-hydrogen) atoms. The molecule has 1 heterocycles. The van der Waals surface area contributed by atoms with Crippen molar-refractivity contribution in [2.75, 3.05) is 7.05 Å². The van der Waals surface area contributed by atoms with Crippen LogP contribution in [0.4, 0.5) is 0 Å². The summed E-state index contributed by atoms with van der Waals surface area (Å²) in [5.41, 5.74) is 2.41. The monoisotopic (exact) mass is 425 g/mol. The van der Waals surface area contributed by atoms with Gasteiger partial charge in [-0.15, -0.1) is 0 Å². The lowest BCUT2D eigenvalue weighted by molar-refractivity contribution is -0.133. The van der Waals surface area contributed by atoms with E-state index in [0.29, 0.717) is 23.1 Å². The highest BCUT2D eigenvalue weighted by atomic mass is 16.2. The highest BCUT2D eigenvalue weighted by molar-refractivity contribution is 5.87. The second-order valence-corrected chi connectivity index (χ2v) is 7.98. The van der Waals surface area contributed by atoms with Gasteiger partial charge in [-0.05, 0) is 29.7 Å². The van der Waals surface area contributed by atoms with Gasteiger partial charge in [0.15, 0.2) is 0 Å². The van der Waals surface area contributed by atoms with Gasteiger partial charge in [0.1, 0.15) is 5.82 Å². The molecule has 3 aromatic carbocycles. The smallest absolute Gasteiger partial charge is 0.261 e. The number of nitrogens with zero attached hydrogens (tertiary/aromatic N) is 3. The minimum absolute atomic E-state index is 0.0309. The third-order valence-electron chi connectivity index (χ3n) is 6.03. The molecule has 162 valence electrons. The number of para-hydroxylation sites is 1. The van der Waals surface area contributed by atoms with Crippen molar-refractivity contribution in [3.05, 3.63) is 112 Å². The number of likely N-dealkylation sites (N-methyl/N-ethyl adjacent to an activating group) is 1. The average Bonchev–Trinajstić information content (AvgIpc) is 2.84. The number of aromatic nitrogens is 2. The molecule has 0 radical (unpaired) electrons. The number of benzene rings is 3. The highest BCUT2D eigenvalue weighted by Crippen LogP contribution is 2.31. The topological polar surface area (TPSA) is 55.2 Å². The summed E-state index contributed by atoms with van der Waals surface area (Å²) in [6.07, 6.45) is 0.636. The van der Waals surface area contributed by atoms with Gasteiger partial charge in [0.2, 0.25) is 5.91 Å². The maximum absolute atomic E-state index is 13.9. The van der Waals surface area contributed by atoms with Crippen LogP contribution in [0.3, 0.4) is 0 Å². The van der Waals surface area contributed by atoms with E-state index >= 15 is 0 Å². The fourth-order valence-electron chi connectivity index (χ4n) is 4.29. The van der Waals surface area contributed by atoms with Gasteiger partial charge in [-0.2, -0.15) is 0 Å². The van der Waals surface area contributed by atoms with E-state index in [4.69, 9.17) is 4.98 Å². The lowest BCUT2D eigenvalue weighted by Gasteiger charge is -2.31. The second-order valence-electron chi connectivity index (χ2n) is 7.98. The van der Waals surface area contributed by atoms with E-state index in [2.05, 4.69) is 0 Å². The molecule has 0 N–H and O–H groups in total. The Hall–Kier alpha value is -3.73. The molecule has 1 aromatic heterocycles. The Labute approximate surface area is 188 Å². The normalized spacial score (nSPS) is 12.1. The zero-order valence-electron chi connectivity index (χ0n) is 18.6. The number of carbonyl (C=O) groups excluding carboxylic acids is 1. The van der Waals surface area contributed by atoms with E-state index in [1.165, 1.54) is 0 Å². The Morgan fingerprint density at radius 1 is 0.906 bits per heavy atom. The van der Waals surface area contributed by atoms with Crippen LogP contribution in [-0.2, 0) is 11.8 Å². The lowest BCUT2D eigenvalue weighted by Crippen LogP contribution is -2.38. The van der Waals surface area contributed by atoms with Gasteiger partial charge < -0.3 is 4.90 Å². The van der Waals surface area contributed by atoms with Gasteiger partial charge in [0.25, 0.3) is 5.56 Å². The SMILES string of the molecule is CCC(c1nc2ccccc2c(=O)n1C)N(C)C(=O)C(c1ccccc1)c1ccccc1. The molecule has 0 bridgehead atoms. The maximum Gasteiger partial charge on any atom is 0.261 e. The summed E-state index contributed by atoms with van der Waals surface area (Å²) in [4.78, 5) is 33.4. The van der Waals surface area contributed by atoms with Crippen LogP contribution < -0.4 is 5.56 Å². The molecule has 0 fully saturated rings. The molecule has 0 aliphatic rings. The predicted octanol–water partition coefficient (Wildman–Crippen LogP) is 4.68. The summed E-state index contributed by atoms with van der Waals surface area (Å²) in [6, 6.07) is 26.6. The molecular weight excluding hydrogens is 398 g/mol. The predicted molar refractivity (Wildman–Crippen MR) is 128 cm³/mol.